The van der Waals surface area contributed by atoms with E-state index in [9.17, 15) is 9.59 Å². The van der Waals surface area contributed by atoms with Gasteiger partial charge in [-0.2, -0.15) is 0 Å². The van der Waals surface area contributed by atoms with Gasteiger partial charge in [0, 0.05) is 6.20 Å². The van der Waals surface area contributed by atoms with E-state index in [0.29, 0.717) is 22.6 Å². The molecule has 7 nitrogen and oxygen atoms in total. The van der Waals surface area contributed by atoms with Crippen molar-refractivity contribution >= 4 is 17.1 Å². The number of fused-ring (bicyclic) bond motifs is 1. The van der Waals surface area contributed by atoms with E-state index < -0.39 is 11.5 Å². The number of carbonyl (C=O) groups is 1. The Kier molecular flexibility index (Phi) is 4.24. The molecule has 2 aromatic heterocycles. The summed E-state index contributed by atoms with van der Waals surface area (Å²) in [5, 5.41) is 0. The molecule has 0 aliphatic heterocycles. The van der Waals surface area contributed by atoms with Gasteiger partial charge in [0.05, 0.1) is 19.4 Å². The van der Waals surface area contributed by atoms with Crippen molar-refractivity contribution in [1.29, 1.82) is 0 Å². The zero-order valence-corrected chi connectivity index (χ0v) is 13.2. The highest BCUT2D eigenvalue weighted by Crippen LogP contribution is 2.17. The number of hydrogen-bond donors (Lipinski definition) is 0. The minimum Gasteiger partial charge on any atom is -0.497 e. The van der Waals surface area contributed by atoms with Gasteiger partial charge in [0.15, 0.2) is 5.65 Å². The van der Waals surface area contributed by atoms with Crippen molar-refractivity contribution in [3.8, 4) is 11.4 Å². The van der Waals surface area contributed by atoms with E-state index in [-0.39, 0.29) is 12.3 Å². The van der Waals surface area contributed by atoms with Gasteiger partial charge in [-0.15, -0.1) is 0 Å². The highest BCUT2D eigenvalue weighted by Gasteiger charge is 2.20. The molecule has 0 bridgehead atoms. The molecule has 0 saturated heterocycles. The molecule has 0 saturated carbocycles. The molecule has 0 unspecified atom stereocenters. The largest absolute Gasteiger partial charge is 0.497 e. The number of carbonyl (C=O) groups excluding carboxylic acids is 1. The van der Waals surface area contributed by atoms with E-state index in [4.69, 9.17) is 9.47 Å². The zero-order chi connectivity index (χ0) is 17.1. The maximum Gasteiger partial charge on any atom is 0.362 e. The molecule has 0 spiro atoms. The molecule has 7 heteroatoms. The van der Waals surface area contributed by atoms with Crippen LogP contribution in [0, 0.1) is 0 Å². The highest BCUT2D eigenvalue weighted by atomic mass is 16.5. The second-order valence-corrected chi connectivity index (χ2v) is 4.87. The average Bonchev–Trinajstić information content (AvgIpc) is 2.61. The van der Waals surface area contributed by atoms with Crippen LogP contribution in [0.1, 0.15) is 17.4 Å². The second kappa shape index (κ2) is 6.49. The van der Waals surface area contributed by atoms with Crippen molar-refractivity contribution in [2.24, 2.45) is 0 Å². The number of benzene rings is 1. The lowest BCUT2D eigenvalue weighted by atomic mass is 10.2. The predicted octanol–water partition coefficient (Wildman–Crippen LogP) is 1.97. The number of hydrogen-bond acceptors (Lipinski definition) is 6. The summed E-state index contributed by atoms with van der Waals surface area (Å²) in [6, 6.07) is 10.2. The molecule has 0 fully saturated rings. The van der Waals surface area contributed by atoms with Crippen LogP contribution in [0.5, 0.6) is 5.75 Å². The van der Waals surface area contributed by atoms with E-state index in [1.165, 1.54) is 4.57 Å². The third-order valence-electron chi connectivity index (χ3n) is 3.42. The third-order valence-corrected chi connectivity index (χ3v) is 3.42. The Morgan fingerprint density at radius 1 is 1.21 bits per heavy atom. The van der Waals surface area contributed by atoms with Crippen LogP contribution in [-0.2, 0) is 4.74 Å². The molecule has 0 radical (unpaired) electrons. The molecular weight excluding hydrogens is 310 g/mol. The lowest BCUT2D eigenvalue weighted by Crippen LogP contribution is -2.29. The SMILES string of the molecule is CCOC(=O)c1nc2cccnc2n(-c2ccc(OC)cc2)c1=O. The third kappa shape index (κ3) is 2.71. The topological polar surface area (TPSA) is 83.3 Å². The summed E-state index contributed by atoms with van der Waals surface area (Å²) in [5.74, 6) is -0.0979. The fourth-order valence-electron chi connectivity index (χ4n) is 2.32. The molecular formula is C17H15N3O4. The standard InChI is InChI=1S/C17H15N3O4/c1-3-24-17(22)14-16(21)20(11-6-8-12(23-2)9-7-11)15-13(19-14)5-4-10-18-15/h4-10H,3H2,1-2H3. The first-order chi connectivity index (χ1) is 11.7. The van der Waals surface area contributed by atoms with Gasteiger partial charge in [0.25, 0.3) is 5.56 Å². The number of aromatic nitrogens is 3. The number of methoxy groups -OCH3 is 1. The first-order valence-electron chi connectivity index (χ1n) is 7.35. The van der Waals surface area contributed by atoms with E-state index in [1.54, 1.807) is 56.6 Å². The summed E-state index contributed by atoms with van der Waals surface area (Å²) in [4.78, 5) is 33.2. The maximum absolute atomic E-state index is 12.8. The minimum absolute atomic E-state index is 0.160. The minimum atomic E-state index is -0.754. The van der Waals surface area contributed by atoms with Crippen LogP contribution >= 0.6 is 0 Å². The van der Waals surface area contributed by atoms with Gasteiger partial charge in [-0.1, -0.05) is 0 Å². The number of esters is 1. The number of pyridine rings is 1. The molecule has 2 heterocycles. The second-order valence-electron chi connectivity index (χ2n) is 4.87. The smallest absolute Gasteiger partial charge is 0.362 e. The van der Waals surface area contributed by atoms with E-state index in [0.717, 1.165) is 0 Å². The van der Waals surface area contributed by atoms with Crippen molar-refractivity contribution in [2.45, 2.75) is 6.92 Å². The zero-order valence-electron chi connectivity index (χ0n) is 13.2. The number of rotatable bonds is 4. The monoisotopic (exact) mass is 325 g/mol. The fourth-order valence-corrected chi connectivity index (χ4v) is 2.32. The van der Waals surface area contributed by atoms with Gasteiger partial charge in [0.1, 0.15) is 11.3 Å². The van der Waals surface area contributed by atoms with Crippen LogP contribution in [0.3, 0.4) is 0 Å². The number of nitrogens with zero attached hydrogens (tertiary/aromatic N) is 3. The molecule has 0 aliphatic carbocycles. The molecule has 3 aromatic rings. The van der Waals surface area contributed by atoms with E-state index in [2.05, 4.69) is 9.97 Å². The Balaban J connectivity index is 2.29. The Morgan fingerprint density at radius 2 is 1.96 bits per heavy atom. The van der Waals surface area contributed by atoms with Gasteiger partial charge in [0.2, 0.25) is 5.69 Å². The van der Waals surface area contributed by atoms with Crippen molar-refractivity contribution in [2.75, 3.05) is 13.7 Å². The Morgan fingerprint density at radius 3 is 2.62 bits per heavy atom. The summed E-state index contributed by atoms with van der Waals surface area (Å²) in [5.41, 5.74) is 0.493. The molecule has 0 aliphatic rings. The van der Waals surface area contributed by atoms with Crippen molar-refractivity contribution < 1.29 is 14.3 Å². The van der Waals surface area contributed by atoms with Crippen LogP contribution in [0.4, 0.5) is 0 Å². The van der Waals surface area contributed by atoms with Gasteiger partial charge in [-0.3, -0.25) is 9.36 Å². The first-order valence-corrected chi connectivity index (χ1v) is 7.35. The predicted molar refractivity (Wildman–Crippen MR) is 87.6 cm³/mol. The summed E-state index contributed by atoms with van der Waals surface area (Å²) in [6.07, 6.45) is 1.56. The molecule has 3 rings (SSSR count). The molecule has 1 aromatic carbocycles. The highest BCUT2D eigenvalue weighted by molar-refractivity contribution is 5.89. The van der Waals surface area contributed by atoms with Gasteiger partial charge < -0.3 is 9.47 Å². The molecule has 122 valence electrons. The summed E-state index contributed by atoms with van der Waals surface area (Å²) >= 11 is 0. The van der Waals surface area contributed by atoms with Gasteiger partial charge >= 0.3 is 5.97 Å². The average molecular weight is 325 g/mol. The Bertz CT molecular complexity index is 948. The van der Waals surface area contributed by atoms with Crippen molar-refractivity contribution in [3.63, 3.8) is 0 Å². The Labute approximate surface area is 137 Å². The van der Waals surface area contributed by atoms with Crippen molar-refractivity contribution in [3.05, 3.63) is 58.6 Å². The molecule has 0 N–H and O–H groups in total. The molecule has 0 amide bonds. The van der Waals surface area contributed by atoms with Crippen molar-refractivity contribution in [1.82, 2.24) is 14.5 Å². The van der Waals surface area contributed by atoms with E-state index in [1.807, 2.05) is 0 Å². The van der Waals surface area contributed by atoms with Gasteiger partial charge in [-0.25, -0.2) is 14.8 Å². The number of ether oxygens (including phenoxy) is 2. The molecule has 0 atom stereocenters. The lowest BCUT2D eigenvalue weighted by Gasteiger charge is -2.11. The maximum atomic E-state index is 12.8. The lowest BCUT2D eigenvalue weighted by molar-refractivity contribution is 0.0517. The molecule has 24 heavy (non-hydrogen) atoms. The summed E-state index contributed by atoms with van der Waals surface area (Å²) in [7, 11) is 1.56. The van der Waals surface area contributed by atoms with Crippen LogP contribution < -0.4 is 10.3 Å². The van der Waals surface area contributed by atoms with Crippen LogP contribution in [-0.4, -0.2) is 34.2 Å². The van der Waals surface area contributed by atoms with Gasteiger partial charge in [-0.05, 0) is 43.3 Å². The quantitative estimate of drug-likeness (QED) is 0.682. The van der Waals surface area contributed by atoms with Crippen LogP contribution in [0.25, 0.3) is 16.9 Å². The Hall–Kier alpha value is -3.22. The van der Waals surface area contributed by atoms with Crippen LogP contribution in [0.15, 0.2) is 47.4 Å². The van der Waals surface area contributed by atoms with Crippen LogP contribution in [0.2, 0.25) is 0 Å². The van der Waals surface area contributed by atoms with E-state index >= 15 is 0 Å². The fraction of sp³-hybridized carbons (Fsp3) is 0.176. The normalized spacial score (nSPS) is 10.6. The summed E-state index contributed by atoms with van der Waals surface area (Å²) in [6.45, 7) is 1.83. The summed E-state index contributed by atoms with van der Waals surface area (Å²) < 4.78 is 11.4. The first kappa shape index (κ1) is 15.7.